The van der Waals surface area contributed by atoms with Crippen molar-refractivity contribution in [2.24, 2.45) is 0 Å². The van der Waals surface area contributed by atoms with Crippen LogP contribution >= 0.6 is 23.2 Å². The van der Waals surface area contributed by atoms with Gasteiger partial charge in [0.1, 0.15) is 5.69 Å². The van der Waals surface area contributed by atoms with Gasteiger partial charge in [-0.25, -0.2) is 0 Å². The summed E-state index contributed by atoms with van der Waals surface area (Å²) in [5, 5.41) is 1.69. The average Bonchev–Trinajstić information content (AvgIpc) is 3.10. The second-order valence-electron chi connectivity index (χ2n) is 7.52. The van der Waals surface area contributed by atoms with Crippen LogP contribution in [0.3, 0.4) is 0 Å². The number of rotatable bonds is 5. The van der Waals surface area contributed by atoms with Gasteiger partial charge in [-0.3, -0.25) is 9.59 Å². The Kier molecular flexibility index (Phi) is 6.30. The van der Waals surface area contributed by atoms with E-state index in [0.29, 0.717) is 48.3 Å². The first kappa shape index (κ1) is 20.8. The van der Waals surface area contributed by atoms with Crippen molar-refractivity contribution in [2.45, 2.75) is 19.3 Å². The van der Waals surface area contributed by atoms with Crippen LogP contribution in [-0.4, -0.2) is 52.8 Å². The highest BCUT2D eigenvalue weighted by Gasteiger charge is 2.27. The lowest BCUT2D eigenvalue weighted by Crippen LogP contribution is -2.50. The minimum absolute atomic E-state index is 0.149. The number of aryl methyl sites for hydroxylation is 1. The quantitative estimate of drug-likeness (QED) is 0.616. The predicted molar refractivity (Wildman–Crippen MR) is 120 cm³/mol. The Labute approximate surface area is 185 Å². The van der Waals surface area contributed by atoms with E-state index in [9.17, 15) is 9.59 Å². The van der Waals surface area contributed by atoms with Crippen LogP contribution in [0, 0.1) is 0 Å². The Balaban J connectivity index is 1.31. The molecule has 156 valence electrons. The number of amides is 2. The fourth-order valence-electron chi connectivity index (χ4n) is 3.84. The molecule has 2 heterocycles. The van der Waals surface area contributed by atoms with Crippen molar-refractivity contribution in [3.05, 3.63) is 69.8 Å². The lowest BCUT2D eigenvalue weighted by molar-refractivity contribution is -0.132. The van der Waals surface area contributed by atoms with Crippen LogP contribution in [0.1, 0.15) is 28.9 Å². The van der Waals surface area contributed by atoms with Gasteiger partial charge in [0.15, 0.2) is 0 Å². The number of H-pyrrole nitrogens is 1. The predicted octanol–water partition coefficient (Wildman–Crippen LogP) is 4.78. The third kappa shape index (κ3) is 4.47. The molecule has 1 fully saturated rings. The highest BCUT2D eigenvalue weighted by atomic mass is 35.5. The lowest BCUT2D eigenvalue weighted by Gasteiger charge is -2.34. The van der Waals surface area contributed by atoms with Crippen molar-refractivity contribution in [2.75, 3.05) is 26.2 Å². The molecule has 0 bridgehead atoms. The summed E-state index contributed by atoms with van der Waals surface area (Å²) in [7, 11) is 0. The molecule has 4 rings (SSSR count). The monoisotopic (exact) mass is 443 g/mol. The standard InChI is InChI=1S/C23H23Cl2N3O2/c24-17-9-10-19-18(15-17)21(25)22(26-19)23(30)28-13-11-27(12-14-28)20(29)8-4-7-16-5-2-1-3-6-16/h1-3,5-6,9-10,15,26H,4,7-8,11-14H2. The molecule has 2 aromatic carbocycles. The van der Waals surface area contributed by atoms with E-state index in [1.165, 1.54) is 5.56 Å². The van der Waals surface area contributed by atoms with Gasteiger partial charge in [0, 0.05) is 48.5 Å². The highest BCUT2D eigenvalue weighted by molar-refractivity contribution is 6.39. The molecule has 0 radical (unpaired) electrons. The minimum atomic E-state index is -0.150. The summed E-state index contributed by atoms with van der Waals surface area (Å²) in [6.45, 7) is 2.07. The number of aromatic amines is 1. The number of piperazine rings is 1. The van der Waals surface area contributed by atoms with Gasteiger partial charge in [-0.1, -0.05) is 53.5 Å². The first-order chi connectivity index (χ1) is 14.5. The Bertz CT molecular complexity index is 1060. The fraction of sp³-hybridized carbons (Fsp3) is 0.304. The van der Waals surface area contributed by atoms with Crippen LogP contribution in [-0.2, 0) is 11.2 Å². The smallest absolute Gasteiger partial charge is 0.271 e. The fourth-order valence-corrected chi connectivity index (χ4v) is 4.30. The third-order valence-corrected chi connectivity index (χ3v) is 6.16. The molecule has 1 aromatic heterocycles. The molecular weight excluding hydrogens is 421 g/mol. The van der Waals surface area contributed by atoms with Crippen molar-refractivity contribution >= 4 is 45.9 Å². The summed E-state index contributed by atoms with van der Waals surface area (Å²) >= 11 is 12.5. The van der Waals surface area contributed by atoms with Gasteiger partial charge in [-0.2, -0.15) is 0 Å². The topological polar surface area (TPSA) is 56.4 Å². The molecule has 1 N–H and O–H groups in total. The largest absolute Gasteiger partial charge is 0.349 e. The van der Waals surface area contributed by atoms with Crippen LogP contribution in [0.2, 0.25) is 10.0 Å². The number of hydrogen-bond donors (Lipinski definition) is 1. The van der Waals surface area contributed by atoms with E-state index in [2.05, 4.69) is 17.1 Å². The number of nitrogens with zero attached hydrogens (tertiary/aromatic N) is 2. The molecule has 30 heavy (non-hydrogen) atoms. The molecule has 2 amide bonds. The van der Waals surface area contributed by atoms with Crippen molar-refractivity contribution < 1.29 is 9.59 Å². The number of aromatic nitrogens is 1. The maximum absolute atomic E-state index is 13.0. The minimum Gasteiger partial charge on any atom is -0.349 e. The van der Waals surface area contributed by atoms with Gasteiger partial charge in [-0.15, -0.1) is 0 Å². The van der Waals surface area contributed by atoms with E-state index in [4.69, 9.17) is 23.2 Å². The number of carbonyl (C=O) groups excluding carboxylic acids is 2. The van der Waals surface area contributed by atoms with Gasteiger partial charge >= 0.3 is 0 Å². The van der Waals surface area contributed by atoms with E-state index in [1.54, 1.807) is 17.0 Å². The molecule has 5 nitrogen and oxygen atoms in total. The lowest BCUT2D eigenvalue weighted by atomic mass is 10.1. The Hall–Kier alpha value is -2.50. The zero-order valence-electron chi connectivity index (χ0n) is 16.5. The number of carbonyl (C=O) groups is 2. The molecule has 0 aliphatic carbocycles. The van der Waals surface area contributed by atoms with Crippen LogP contribution in [0.15, 0.2) is 48.5 Å². The van der Waals surface area contributed by atoms with Gasteiger partial charge in [0.2, 0.25) is 5.91 Å². The third-order valence-electron chi connectivity index (χ3n) is 5.53. The summed E-state index contributed by atoms with van der Waals surface area (Å²) in [5.41, 5.74) is 2.40. The summed E-state index contributed by atoms with van der Waals surface area (Å²) in [6.07, 6.45) is 2.25. The molecule has 3 aromatic rings. The summed E-state index contributed by atoms with van der Waals surface area (Å²) in [6, 6.07) is 15.5. The Morgan fingerprint density at radius 3 is 2.37 bits per heavy atom. The van der Waals surface area contributed by atoms with Crippen molar-refractivity contribution in [3.63, 3.8) is 0 Å². The first-order valence-electron chi connectivity index (χ1n) is 10.1. The number of benzene rings is 2. The van der Waals surface area contributed by atoms with Crippen molar-refractivity contribution in [3.8, 4) is 0 Å². The normalized spacial score (nSPS) is 14.3. The first-order valence-corrected chi connectivity index (χ1v) is 10.9. The van der Waals surface area contributed by atoms with Crippen molar-refractivity contribution in [1.82, 2.24) is 14.8 Å². The molecule has 1 aliphatic rings. The van der Waals surface area contributed by atoms with E-state index >= 15 is 0 Å². The van der Waals surface area contributed by atoms with Crippen LogP contribution < -0.4 is 0 Å². The molecule has 0 atom stereocenters. The molecule has 7 heteroatoms. The molecular formula is C23H23Cl2N3O2. The summed E-state index contributed by atoms with van der Waals surface area (Å²) in [4.78, 5) is 32.2. The van der Waals surface area contributed by atoms with E-state index in [0.717, 1.165) is 23.7 Å². The average molecular weight is 444 g/mol. The molecule has 0 spiro atoms. The van der Waals surface area contributed by atoms with Gasteiger partial charge in [-0.05, 0) is 36.6 Å². The van der Waals surface area contributed by atoms with E-state index < -0.39 is 0 Å². The van der Waals surface area contributed by atoms with E-state index in [1.807, 2.05) is 29.2 Å². The number of hydrogen-bond acceptors (Lipinski definition) is 2. The van der Waals surface area contributed by atoms with E-state index in [-0.39, 0.29) is 11.8 Å². The number of halogens is 2. The molecule has 0 saturated carbocycles. The molecule has 0 unspecified atom stereocenters. The SMILES string of the molecule is O=C(CCCc1ccccc1)N1CCN(C(=O)c2[nH]c3ccc(Cl)cc3c2Cl)CC1. The highest BCUT2D eigenvalue weighted by Crippen LogP contribution is 2.30. The second-order valence-corrected chi connectivity index (χ2v) is 8.33. The van der Waals surface area contributed by atoms with Gasteiger partial charge in [0.25, 0.3) is 5.91 Å². The Morgan fingerprint density at radius 2 is 1.63 bits per heavy atom. The number of nitrogens with one attached hydrogen (secondary N) is 1. The van der Waals surface area contributed by atoms with Crippen LogP contribution in [0.25, 0.3) is 10.9 Å². The maximum Gasteiger partial charge on any atom is 0.271 e. The van der Waals surface area contributed by atoms with Crippen LogP contribution in [0.4, 0.5) is 0 Å². The maximum atomic E-state index is 13.0. The summed E-state index contributed by atoms with van der Waals surface area (Å²) in [5.74, 6) is -0.000171. The summed E-state index contributed by atoms with van der Waals surface area (Å²) < 4.78 is 0. The number of fused-ring (bicyclic) bond motifs is 1. The zero-order chi connectivity index (χ0) is 21.1. The van der Waals surface area contributed by atoms with Crippen molar-refractivity contribution in [1.29, 1.82) is 0 Å². The van der Waals surface area contributed by atoms with Crippen LogP contribution in [0.5, 0.6) is 0 Å². The van der Waals surface area contributed by atoms with Gasteiger partial charge in [0.05, 0.1) is 5.02 Å². The molecule has 1 aliphatic heterocycles. The molecule has 1 saturated heterocycles. The Morgan fingerprint density at radius 1 is 0.933 bits per heavy atom. The second kappa shape index (κ2) is 9.11. The zero-order valence-corrected chi connectivity index (χ0v) is 18.0. The van der Waals surface area contributed by atoms with Gasteiger partial charge < -0.3 is 14.8 Å².